The molecule has 1 aromatic rings. The number of carbonyl (C=O) groups is 2. The van der Waals surface area contributed by atoms with Crippen molar-refractivity contribution in [1.82, 2.24) is 4.90 Å². The molecule has 2 atom stereocenters. The molecule has 2 aliphatic rings. The fraction of sp³-hybridized carbons (Fsp3) is 0.556. The van der Waals surface area contributed by atoms with E-state index in [2.05, 4.69) is 0 Å². The Morgan fingerprint density at radius 3 is 2.44 bits per heavy atom. The molecule has 0 N–H and O–H groups in total. The van der Waals surface area contributed by atoms with Gasteiger partial charge in [-0.3, -0.25) is 9.59 Å². The summed E-state index contributed by atoms with van der Waals surface area (Å²) in [5, 5.41) is 0. The molecular formula is C18H24N2O4S. The number of para-hydroxylation sites is 1. The molecular weight excluding hydrogens is 340 g/mol. The molecule has 0 spiro atoms. The highest BCUT2D eigenvalue weighted by molar-refractivity contribution is 7.91. The number of amides is 2. The SMILES string of the molecule is Cc1cccc(C)c1N1CC(C(=O)N(C)C2CCS(=O)(=O)C2)CC1=O. The van der Waals surface area contributed by atoms with E-state index in [1.165, 1.54) is 4.90 Å². The first-order valence-electron chi connectivity index (χ1n) is 8.53. The van der Waals surface area contributed by atoms with E-state index in [1.807, 2.05) is 32.0 Å². The summed E-state index contributed by atoms with van der Waals surface area (Å²) in [6.07, 6.45) is 0.655. The normalized spacial score (nSPS) is 25.4. The Hall–Kier alpha value is -1.89. The Morgan fingerprint density at radius 2 is 1.88 bits per heavy atom. The van der Waals surface area contributed by atoms with Crippen LogP contribution in [0.25, 0.3) is 0 Å². The molecule has 7 heteroatoms. The minimum Gasteiger partial charge on any atom is -0.341 e. The zero-order chi connectivity index (χ0) is 18.4. The predicted molar refractivity (Wildman–Crippen MR) is 96.2 cm³/mol. The van der Waals surface area contributed by atoms with E-state index < -0.39 is 15.8 Å². The zero-order valence-electron chi connectivity index (χ0n) is 14.9. The highest BCUT2D eigenvalue weighted by Gasteiger charge is 2.40. The number of sulfone groups is 1. The van der Waals surface area contributed by atoms with Crippen LogP contribution in [-0.4, -0.2) is 56.3 Å². The fourth-order valence-corrected chi connectivity index (χ4v) is 5.64. The summed E-state index contributed by atoms with van der Waals surface area (Å²) in [5.74, 6) is -0.448. The van der Waals surface area contributed by atoms with Gasteiger partial charge in [-0.2, -0.15) is 0 Å². The van der Waals surface area contributed by atoms with Crippen molar-refractivity contribution in [1.29, 1.82) is 0 Å². The molecule has 2 heterocycles. The molecule has 3 rings (SSSR count). The van der Waals surface area contributed by atoms with Gasteiger partial charge >= 0.3 is 0 Å². The smallest absolute Gasteiger partial charge is 0.228 e. The van der Waals surface area contributed by atoms with Crippen molar-refractivity contribution in [2.24, 2.45) is 5.92 Å². The molecule has 2 aliphatic heterocycles. The molecule has 2 amide bonds. The third-order valence-electron chi connectivity index (χ3n) is 5.29. The number of carbonyl (C=O) groups excluding carboxylic acids is 2. The molecule has 136 valence electrons. The van der Waals surface area contributed by atoms with Gasteiger partial charge in [-0.25, -0.2) is 8.42 Å². The number of hydrogen-bond donors (Lipinski definition) is 0. The Labute approximate surface area is 148 Å². The van der Waals surface area contributed by atoms with Crippen LogP contribution in [0.15, 0.2) is 18.2 Å². The maximum Gasteiger partial charge on any atom is 0.228 e. The molecule has 2 fully saturated rings. The Bertz CT molecular complexity index is 798. The number of nitrogens with zero attached hydrogens (tertiary/aromatic N) is 2. The van der Waals surface area contributed by atoms with Crippen LogP contribution in [0.1, 0.15) is 24.0 Å². The second-order valence-electron chi connectivity index (χ2n) is 7.15. The molecule has 6 nitrogen and oxygen atoms in total. The van der Waals surface area contributed by atoms with E-state index >= 15 is 0 Å². The predicted octanol–water partition coefficient (Wildman–Crippen LogP) is 1.30. The lowest BCUT2D eigenvalue weighted by atomic mass is 10.1. The topological polar surface area (TPSA) is 74.8 Å². The van der Waals surface area contributed by atoms with Gasteiger partial charge in [0.25, 0.3) is 0 Å². The first kappa shape index (κ1) is 17.9. The van der Waals surface area contributed by atoms with Gasteiger partial charge in [0.1, 0.15) is 0 Å². The summed E-state index contributed by atoms with van der Waals surface area (Å²) in [6.45, 7) is 4.27. The van der Waals surface area contributed by atoms with Gasteiger partial charge < -0.3 is 9.80 Å². The van der Waals surface area contributed by atoms with Gasteiger partial charge in [-0.15, -0.1) is 0 Å². The molecule has 25 heavy (non-hydrogen) atoms. The minimum absolute atomic E-state index is 0.0243. The summed E-state index contributed by atoms with van der Waals surface area (Å²) < 4.78 is 23.3. The average Bonchev–Trinajstić information content (AvgIpc) is 3.09. The summed E-state index contributed by atoms with van der Waals surface area (Å²) in [6, 6.07) is 5.59. The second kappa shape index (κ2) is 6.44. The van der Waals surface area contributed by atoms with Gasteiger partial charge in [0, 0.05) is 31.7 Å². The van der Waals surface area contributed by atoms with Gasteiger partial charge in [0.15, 0.2) is 9.84 Å². The van der Waals surface area contributed by atoms with E-state index in [9.17, 15) is 18.0 Å². The lowest BCUT2D eigenvalue weighted by Gasteiger charge is -2.26. The fourth-order valence-electron chi connectivity index (χ4n) is 3.87. The van der Waals surface area contributed by atoms with E-state index in [0.29, 0.717) is 13.0 Å². The van der Waals surface area contributed by atoms with Crippen molar-refractivity contribution in [2.75, 3.05) is 30.0 Å². The molecule has 0 aliphatic carbocycles. The molecule has 0 radical (unpaired) electrons. The highest BCUT2D eigenvalue weighted by Crippen LogP contribution is 2.32. The lowest BCUT2D eigenvalue weighted by molar-refractivity contribution is -0.136. The van der Waals surface area contributed by atoms with Crippen LogP contribution in [0.4, 0.5) is 5.69 Å². The van der Waals surface area contributed by atoms with E-state index in [0.717, 1.165) is 16.8 Å². The van der Waals surface area contributed by atoms with Crippen LogP contribution in [0.3, 0.4) is 0 Å². The number of anilines is 1. The van der Waals surface area contributed by atoms with Crippen LogP contribution < -0.4 is 4.90 Å². The van der Waals surface area contributed by atoms with Crippen molar-refractivity contribution >= 4 is 27.3 Å². The largest absolute Gasteiger partial charge is 0.341 e. The lowest BCUT2D eigenvalue weighted by Crippen LogP contribution is -2.42. The number of aryl methyl sites for hydroxylation is 2. The molecule has 0 aromatic heterocycles. The van der Waals surface area contributed by atoms with Crippen molar-refractivity contribution in [2.45, 2.75) is 32.7 Å². The van der Waals surface area contributed by atoms with Crippen LogP contribution in [0.5, 0.6) is 0 Å². The van der Waals surface area contributed by atoms with Gasteiger partial charge in [0.2, 0.25) is 11.8 Å². The molecule has 0 saturated carbocycles. The van der Waals surface area contributed by atoms with E-state index in [1.54, 1.807) is 11.9 Å². The molecule has 2 unspecified atom stereocenters. The standard InChI is InChI=1S/C18H24N2O4S/c1-12-5-4-6-13(2)17(12)20-10-14(9-16(20)21)18(22)19(3)15-7-8-25(23,24)11-15/h4-6,14-15H,7-11H2,1-3H3. The summed E-state index contributed by atoms with van der Waals surface area (Å²) in [4.78, 5) is 28.5. The van der Waals surface area contributed by atoms with Crippen LogP contribution in [0.2, 0.25) is 0 Å². The number of hydrogen-bond acceptors (Lipinski definition) is 4. The van der Waals surface area contributed by atoms with Gasteiger partial charge in [-0.05, 0) is 31.4 Å². The van der Waals surface area contributed by atoms with Crippen molar-refractivity contribution in [3.8, 4) is 0 Å². The summed E-state index contributed by atoms with van der Waals surface area (Å²) in [5.41, 5.74) is 2.90. The van der Waals surface area contributed by atoms with Crippen molar-refractivity contribution < 1.29 is 18.0 Å². The molecule has 2 saturated heterocycles. The quantitative estimate of drug-likeness (QED) is 0.810. The van der Waals surface area contributed by atoms with E-state index in [4.69, 9.17) is 0 Å². The van der Waals surface area contributed by atoms with Gasteiger partial charge in [-0.1, -0.05) is 18.2 Å². The first-order chi connectivity index (χ1) is 11.7. The zero-order valence-corrected chi connectivity index (χ0v) is 15.7. The maximum absolute atomic E-state index is 12.8. The van der Waals surface area contributed by atoms with E-state index in [-0.39, 0.29) is 35.8 Å². The third-order valence-corrected chi connectivity index (χ3v) is 7.04. The van der Waals surface area contributed by atoms with Crippen molar-refractivity contribution in [3.05, 3.63) is 29.3 Å². The van der Waals surface area contributed by atoms with Gasteiger partial charge in [0.05, 0.1) is 17.4 Å². The van der Waals surface area contributed by atoms with Crippen LogP contribution >= 0.6 is 0 Å². The first-order valence-corrected chi connectivity index (χ1v) is 10.4. The number of benzene rings is 1. The molecule has 1 aromatic carbocycles. The Balaban J connectivity index is 1.75. The monoisotopic (exact) mass is 364 g/mol. The number of rotatable bonds is 3. The molecule has 0 bridgehead atoms. The van der Waals surface area contributed by atoms with Crippen LogP contribution in [0, 0.1) is 19.8 Å². The summed E-state index contributed by atoms with van der Waals surface area (Å²) >= 11 is 0. The van der Waals surface area contributed by atoms with Crippen molar-refractivity contribution in [3.63, 3.8) is 0 Å². The second-order valence-corrected chi connectivity index (χ2v) is 9.38. The summed E-state index contributed by atoms with van der Waals surface area (Å²) in [7, 11) is -1.39. The third kappa shape index (κ3) is 3.42. The van der Waals surface area contributed by atoms with Crippen LogP contribution in [-0.2, 0) is 19.4 Å². The highest BCUT2D eigenvalue weighted by atomic mass is 32.2. The minimum atomic E-state index is -3.04. The average molecular weight is 364 g/mol. The maximum atomic E-state index is 12.8. The Kier molecular flexibility index (Phi) is 4.62. The Morgan fingerprint density at radius 1 is 1.24 bits per heavy atom.